The second kappa shape index (κ2) is 17.5. The molecular weight excluding hydrogens is 779 g/mol. The Labute approximate surface area is 357 Å². The fraction of sp³-hybridized carbons (Fsp3) is 0.897. The number of rotatable bonds is 11. The van der Waals surface area contributed by atoms with Crippen LogP contribution < -0.4 is 29.6 Å². The largest absolute Gasteiger partial charge is 1.00 e. The summed E-state index contributed by atoms with van der Waals surface area (Å²) in [5, 5.41) is 71.7. The summed E-state index contributed by atoms with van der Waals surface area (Å²) >= 11 is 0. The first-order chi connectivity index (χ1) is 26.3. The molecule has 3 saturated carbocycles. The first-order valence-corrected chi connectivity index (χ1v) is 21.6. The Balaban J connectivity index is 0.00000549. The summed E-state index contributed by atoms with van der Waals surface area (Å²) in [5.74, 6) is 1.97. The molecule has 0 spiro atoms. The molecule has 0 amide bonds. The summed E-state index contributed by atoms with van der Waals surface area (Å²) in [5.41, 5.74) is 1.55. The molecule has 5 fully saturated rings. The zero-order chi connectivity index (χ0) is 40.6. The Morgan fingerprint density at radius 3 is 2.33 bits per heavy atom. The van der Waals surface area contributed by atoms with Crippen LogP contribution in [0.15, 0.2) is 23.0 Å². The average molecular weight is 841 g/mol. The number of aliphatic hydroxyl groups excluding tert-OH is 7. The van der Waals surface area contributed by atoms with E-state index < -0.39 is 96.0 Å². The quantitative estimate of drug-likeness (QED) is 0.0502. The molecule has 3 aliphatic heterocycles. The van der Waals surface area contributed by atoms with E-state index in [1.54, 1.807) is 6.92 Å². The van der Waals surface area contributed by atoms with Gasteiger partial charge in [0.1, 0.15) is 48.8 Å². The molecule has 0 aromatic heterocycles. The summed E-state index contributed by atoms with van der Waals surface area (Å²) in [4.78, 5) is 0. The van der Waals surface area contributed by atoms with Gasteiger partial charge in [-0.1, -0.05) is 32.4 Å². The Kier molecular flexibility index (Phi) is 14.2. The van der Waals surface area contributed by atoms with Crippen molar-refractivity contribution in [3.8, 4) is 0 Å². The van der Waals surface area contributed by atoms with Gasteiger partial charge in [-0.2, -0.15) is 0 Å². The maximum absolute atomic E-state index is 11.7. The average Bonchev–Trinajstić information content (AvgIpc) is 3.62. The predicted molar refractivity (Wildman–Crippen MR) is 193 cm³/mol. The van der Waals surface area contributed by atoms with Crippen molar-refractivity contribution in [2.45, 2.75) is 166 Å². The van der Waals surface area contributed by atoms with E-state index in [1.807, 2.05) is 6.92 Å². The number of ether oxygens (including phenoxy) is 5. The molecule has 0 aromatic rings. The van der Waals surface area contributed by atoms with Gasteiger partial charge in [0, 0.05) is 24.2 Å². The third-order valence-corrected chi connectivity index (χ3v) is 15.5. The molecule has 7 aliphatic rings. The van der Waals surface area contributed by atoms with Gasteiger partial charge in [0.2, 0.25) is 10.4 Å². The van der Waals surface area contributed by atoms with Gasteiger partial charge in [-0.25, -0.2) is 8.42 Å². The Morgan fingerprint density at radius 2 is 1.65 bits per heavy atom. The molecule has 57 heavy (non-hydrogen) atoms. The molecule has 1 unspecified atom stereocenters. The number of aliphatic hydroxyl groups is 7. The van der Waals surface area contributed by atoms with Crippen LogP contribution in [-0.4, -0.2) is 142 Å². The molecule has 0 radical (unpaired) electrons. The summed E-state index contributed by atoms with van der Waals surface area (Å²) in [7, 11) is -5.01. The predicted octanol–water partition coefficient (Wildman–Crippen LogP) is -2.25. The first-order valence-electron chi connectivity index (χ1n) is 20.3. The molecule has 320 valence electrons. The van der Waals surface area contributed by atoms with Crippen LogP contribution in [0.1, 0.15) is 86.0 Å². The molecule has 20 atom stereocenters. The van der Waals surface area contributed by atoms with Gasteiger partial charge in [-0.05, 0) is 87.0 Å². The van der Waals surface area contributed by atoms with Crippen LogP contribution in [0.5, 0.6) is 0 Å². The maximum atomic E-state index is 11.7. The molecule has 2 saturated heterocycles. The molecule has 0 aromatic carbocycles. The smallest absolute Gasteiger partial charge is 0.726 e. The van der Waals surface area contributed by atoms with Gasteiger partial charge in [-0.15, -0.1) is 0 Å². The third kappa shape index (κ3) is 8.47. The van der Waals surface area contributed by atoms with Crippen molar-refractivity contribution in [1.29, 1.82) is 0 Å². The van der Waals surface area contributed by atoms with Crippen molar-refractivity contribution < 1.29 is 106 Å². The molecule has 7 rings (SSSR count). The molecule has 4 aliphatic carbocycles. The van der Waals surface area contributed by atoms with Crippen LogP contribution in [0.4, 0.5) is 0 Å². The van der Waals surface area contributed by atoms with Gasteiger partial charge in [0.25, 0.3) is 0 Å². The minimum Gasteiger partial charge on any atom is -0.726 e. The van der Waals surface area contributed by atoms with E-state index in [1.165, 1.54) is 5.57 Å². The van der Waals surface area contributed by atoms with Crippen molar-refractivity contribution in [3.05, 3.63) is 23.0 Å². The van der Waals surface area contributed by atoms with Crippen molar-refractivity contribution in [3.63, 3.8) is 0 Å². The van der Waals surface area contributed by atoms with Gasteiger partial charge < -0.3 is 64.0 Å². The molecule has 7 N–H and O–H groups in total. The van der Waals surface area contributed by atoms with Gasteiger partial charge in [-0.3, -0.25) is 4.18 Å². The second-order valence-corrected chi connectivity index (χ2v) is 19.2. The summed E-state index contributed by atoms with van der Waals surface area (Å²) in [6.07, 6.45) is -7.42. The minimum absolute atomic E-state index is 0. The Morgan fingerprint density at radius 1 is 0.965 bits per heavy atom. The molecule has 0 bridgehead atoms. The first kappa shape index (κ1) is 46.2. The fourth-order valence-corrected chi connectivity index (χ4v) is 12.4. The van der Waals surface area contributed by atoms with Crippen LogP contribution >= 0.6 is 0 Å². The SMILES string of the molecule is CC1=C(CCC(C)CO[C@@H]2O[C@H](CO)[C@@H](O)[C@H](O)[C@H]2O)O[C@H]2C[C@H]3[C@@H]4CC=C5C[C@@H](OS(=O)(=O)[O-])C[C@@H](O[C@@H]6O[C@H](C)[C@H](O)[C@H](O)[C@H]6O)[C@]5(C)[C@H]4CC[C@]3(C)[C@@H]12.[Na+]. The minimum atomic E-state index is -5.01. The Hall–Kier alpha value is -0.290. The Bertz CT molecular complexity index is 1610. The summed E-state index contributed by atoms with van der Waals surface area (Å²) < 4.78 is 70.6. The van der Waals surface area contributed by atoms with Gasteiger partial charge >= 0.3 is 29.6 Å². The normalized spacial score (nSPS) is 48.8. The number of allylic oxidation sites excluding steroid dienone is 2. The zero-order valence-electron chi connectivity index (χ0n) is 33.8. The number of hydrogen-bond acceptors (Lipinski definition) is 16. The zero-order valence-corrected chi connectivity index (χ0v) is 36.6. The van der Waals surface area contributed by atoms with Crippen LogP contribution in [0, 0.1) is 40.4 Å². The fourth-order valence-electron chi connectivity index (χ4n) is 11.9. The van der Waals surface area contributed by atoms with E-state index in [4.69, 9.17) is 27.9 Å². The van der Waals surface area contributed by atoms with Crippen LogP contribution in [0.2, 0.25) is 0 Å². The van der Waals surface area contributed by atoms with E-state index in [0.717, 1.165) is 43.4 Å². The third-order valence-electron chi connectivity index (χ3n) is 15.0. The van der Waals surface area contributed by atoms with E-state index >= 15 is 0 Å². The molecular formula is C39H61NaO16S. The number of hydrogen-bond donors (Lipinski definition) is 7. The van der Waals surface area contributed by atoms with Crippen molar-refractivity contribution in [2.24, 2.45) is 40.4 Å². The van der Waals surface area contributed by atoms with E-state index in [9.17, 15) is 48.7 Å². The van der Waals surface area contributed by atoms with Crippen LogP contribution in [0.25, 0.3) is 0 Å². The topological polar surface area (TPSA) is 254 Å². The standard InChI is InChI=1S/C39H62O16S.Na/c1-17(16-50-36-34(45)33(44)31(42)27(15-40)53-36)6-9-25-18(2)29-26(52-25)14-24-22-8-7-20-12-21(55-56(47,48)49)13-28(39(20,5)23(22)10-11-38(24,29)4)54-37-35(46)32(43)30(41)19(3)51-37;/h7,17,19,21-24,26-37,40-46H,6,8-16H2,1-5H3,(H,47,48,49);/q;+1/p-1/t17?,19-,21-,22-,23+,24+,26+,27-,28-,29+,30+,31-,32+,33+,34-,35-,36-,37+,38+,39+;/m1./s1. The van der Waals surface area contributed by atoms with Gasteiger partial charge in [0.15, 0.2) is 12.6 Å². The monoisotopic (exact) mass is 840 g/mol. The van der Waals surface area contributed by atoms with Crippen LogP contribution in [0.3, 0.4) is 0 Å². The van der Waals surface area contributed by atoms with E-state index in [2.05, 4.69) is 26.8 Å². The van der Waals surface area contributed by atoms with Crippen LogP contribution in [-0.2, 0) is 38.3 Å². The summed E-state index contributed by atoms with van der Waals surface area (Å²) in [6.45, 7) is 9.97. The van der Waals surface area contributed by atoms with Crippen molar-refractivity contribution in [2.75, 3.05) is 13.2 Å². The molecule has 16 nitrogen and oxygen atoms in total. The van der Waals surface area contributed by atoms with Crippen molar-refractivity contribution in [1.82, 2.24) is 0 Å². The summed E-state index contributed by atoms with van der Waals surface area (Å²) in [6, 6.07) is 0. The van der Waals surface area contributed by atoms with Gasteiger partial charge in [0.05, 0.1) is 37.3 Å². The maximum Gasteiger partial charge on any atom is 1.00 e. The second-order valence-electron chi connectivity index (χ2n) is 18.2. The molecule has 3 heterocycles. The van der Waals surface area contributed by atoms with Crippen molar-refractivity contribution >= 4 is 10.4 Å². The molecule has 18 heteroatoms. The van der Waals surface area contributed by atoms with E-state index in [-0.39, 0.29) is 84.2 Å². The van der Waals surface area contributed by atoms with E-state index in [0.29, 0.717) is 12.3 Å². The number of fused-ring (bicyclic) bond motifs is 7.